The van der Waals surface area contributed by atoms with Crippen molar-refractivity contribution in [2.75, 3.05) is 26.2 Å². The van der Waals surface area contributed by atoms with Crippen molar-refractivity contribution in [2.24, 2.45) is 0 Å². The Hall–Kier alpha value is -0.860. The van der Waals surface area contributed by atoms with Crippen molar-refractivity contribution in [1.29, 1.82) is 0 Å². The predicted molar refractivity (Wildman–Crippen MR) is 99.4 cm³/mol. The van der Waals surface area contributed by atoms with Crippen LogP contribution in [0.25, 0.3) is 0 Å². The molecule has 1 fully saturated rings. The summed E-state index contributed by atoms with van der Waals surface area (Å²) in [5.74, 6) is 0. The van der Waals surface area contributed by atoms with Crippen LogP contribution in [0.1, 0.15) is 31.7 Å². The highest BCUT2D eigenvalue weighted by molar-refractivity contribution is 7.07. The van der Waals surface area contributed by atoms with Gasteiger partial charge in [0.25, 0.3) is 0 Å². The lowest BCUT2D eigenvalue weighted by Gasteiger charge is -2.35. The van der Waals surface area contributed by atoms with Gasteiger partial charge in [-0.1, -0.05) is 0 Å². The number of aromatic nitrogens is 2. The summed E-state index contributed by atoms with van der Waals surface area (Å²) in [7, 11) is 0. The van der Waals surface area contributed by atoms with Gasteiger partial charge in [-0.05, 0) is 26.8 Å². The zero-order valence-corrected chi connectivity index (χ0v) is 16.1. The molecule has 5 nitrogen and oxygen atoms in total. The number of hydrogen-bond acceptors (Lipinski definition) is 7. The van der Waals surface area contributed by atoms with Crippen LogP contribution in [-0.2, 0) is 17.8 Å². The number of thiazole rings is 2. The molecule has 1 aliphatic rings. The second kappa shape index (κ2) is 9.01. The van der Waals surface area contributed by atoms with E-state index in [1.807, 2.05) is 11.0 Å². The average Bonchev–Trinajstić information content (AvgIpc) is 3.20. The summed E-state index contributed by atoms with van der Waals surface area (Å²) < 4.78 is 5.82. The molecule has 3 heterocycles. The van der Waals surface area contributed by atoms with Crippen LogP contribution in [0.3, 0.4) is 0 Å². The second-order valence-electron chi connectivity index (χ2n) is 6.54. The van der Waals surface area contributed by atoms with Crippen molar-refractivity contribution >= 4 is 22.7 Å². The van der Waals surface area contributed by atoms with Crippen LogP contribution in [0.5, 0.6) is 0 Å². The van der Waals surface area contributed by atoms with Crippen molar-refractivity contribution in [3.8, 4) is 0 Å². The number of rotatable bonds is 8. The van der Waals surface area contributed by atoms with E-state index in [2.05, 4.69) is 44.4 Å². The van der Waals surface area contributed by atoms with Crippen molar-refractivity contribution in [3.05, 3.63) is 33.2 Å². The SMILES string of the molecule is C[C@@H]1CN(CCCN(Cc2cscn2)Cc2cscn2)C[C@@H](C)O1. The highest BCUT2D eigenvalue weighted by Gasteiger charge is 2.21. The quantitative estimate of drug-likeness (QED) is 0.718. The van der Waals surface area contributed by atoms with E-state index < -0.39 is 0 Å². The highest BCUT2D eigenvalue weighted by atomic mass is 32.1. The molecule has 2 aromatic heterocycles. The van der Waals surface area contributed by atoms with Crippen LogP contribution in [0, 0.1) is 0 Å². The fourth-order valence-corrected chi connectivity index (χ4v) is 4.39. The first-order valence-corrected chi connectivity index (χ1v) is 10.4. The van der Waals surface area contributed by atoms with E-state index in [1.54, 1.807) is 22.7 Å². The molecule has 0 bridgehead atoms. The fourth-order valence-electron chi connectivity index (χ4n) is 3.29. The maximum absolute atomic E-state index is 5.82. The summed E-state index contributed by atoms with van der Waals surface area (Å²) in [4.78, 5) is 13.9. The molecule has 132 valence electrons. The first-order chi connectivity index (χ1) is 11.7. The summed E-state index contributed by atoms with van der Waals surface area (Å²) in [5.41, 5.74) is 6.13. The van der Waals surface area contributed by atoms with Gasteiger partial charge < -0.3 is 4.74 Å². The summed E-state index contributed by atoms with van der Waals surface area (Å²) >= 11 is 3.33. The minimum atomic E-state index is 0.342. The number of ether oxygens (including phenoxy) is 1. The zero-order chi connectivity index (χ0) is 16.8. The van der Waals surface area contributed by atoms with Gasteiger partial charge in [-0.2, -0.15) is 0 Å². The minimum Gasteiger partial charge on any atom is -0.373 e. The van der Waals surface area contributed by atoms with Gasteiger partial charge >= 0.3 is 0 Å². The Balaban J connectivity index is 1.49. The summed E-state index contributed by atoms with van der Waals surface area (Å²) in [6.07, 6.45) is 1.85. The molecular weight excluding hydrogens is 340 g/mol. The lowest BCUT2D eigenvalue weighted by Crippen LogP contribution is -2.46. The first kappa shape index (κ1) is 17.9. The van der Waals surface area contributed by atoms with Gasteiger partial charge in [0.15, 0.2) is 0 Å². The summed E-state index contributed by atoms with van der Waals surface area (Å²) in [5, 5.41) is 4.28. The molecule has 1 saturated heterocycles. The van der Waals surface area contributed by atoms with Gasteiger partial charge in [0.1, 0.15) is 0 Å². The lowest BCUT2D eigenvalue weighted by molar-refractivity contribution is -0.0685. The standard InChI is InChI=1S/C17H26N4OS2/c1-14-6-20(7-15(2)22-14)4-3-5-21(8-16-10-23-12-18-16)9-17-11-24-13-19-17/h10-15H,3-9H2,1-2H3/t14-,15-/m1/s1. The average molecular weight is 367 g/mol. The molecule has 0 aromatic carbocycles. The van der Waals surface area contributed by atoms with Crippen molar-refractivity contribution in [2.45, 2.75) is 45.6 Å². The molecule has 2 atom stereocenters. The smallest absolute Gasteiger partial charge is 0.0795 e. The van der Waals surface area contributed by atoms with E-state index in [0.717, 1.165) is 57.1 Å². The Bertz CT molecular complexity index is 529. The molecule has 24 heavy (non-hydrogen) atoms. The van der Waals surface area contributed by atoms with Gasteiger partial charge in [0.05, 0.1) is 34.6 Å². The van der Waals surface area contributed by atoms with Gasteiger partial charge in [-0.15, -0.1) is 22.7 Å². The van der Waals surface area contributed by atoms with Crippen molar-refractivity contribution in [1.82, 2.24) is 19.8 Å². The van der Waals surface area contributed by atoms with Crippen LogP contribution < -0.4 is 0 Å². The van der Waals surface area contributed by atoms with Crippen LogP contribution in [0.4, 0.5) is 0 Å². The lowest BCUT2D eigenvalue weighted by atomic mass is 10.2. The van der Waals surface area contributed by atoms with Gasteiger partial charge in [0.2, 0.25) is 0 Å². The maximum Gasteiger partial charge on any atom is 0.0795 e. The van der Waals surface area contributed by atoms with E-state index in [0.29, 0.717) is 12.2 Å². The second-order valence-corrected chi connectivity index (χ2v) is 7.98. The highest BCUT2D eigenvalue weighted by Crippen LogP contribution is 2.13. The third-order valence-corrected chi connectivity index (χ3v) is 5.45. The fraction of sp³-hybridized carbons (Fsp3) is 0.647. The molecule has 0 N–H and O–H groups in total. The molecule has 1 aliphatic heterocycles. The minimum absolute atomic E-state index is 0.342. The zero-order valence-electron chi connectivity index (χ0n) is 14.4. The van der Waals surface area contributed by atoms with E-state index in [1.165, 1.54) is 0 Å². The molecule has 0 unspecified atom stereocenters. The van der Waals surface area contributed by atoms with E-state index in [4.69, 9.17) is 4.74 Å². The molecule has 0 spiro atoms. The summed E-state index contributed by atoms with van der Waals surface area (Å²) in [6.45, 7) is 10.4. The Morgan fingerprint density at radius 2 is 1.67 bits per heavy atom. The Morgan fingerprint density at radius 3 is 2.17 bits per heavy atom. The number of hydrogen-bond donors (Lipinski definition) is 0. The van der Waals surface area contributed by atoms with Crippen molar-refractivity contribution < 1.29 is 4.74 Å². The van der Waals surface area contributed by atoms with Crippen LogP contribution >= 0.6 is 22.7 Å². The normalized spacial score (nSPS) is 22.3. The summed E-state index contributed by atoms with van der Waals surface area (Å²) in [6, 6.07) is 0. The third-order valence-electron chi connectivity index (χ3n) is 4.18. The van der Waals surface area contributed by atoms with Crippen LogP contribution in [0.15, 0.2) is 21.8 Å². The first-order valence-electron chi connectivity index (χ1n) is 8.53. The Morgan fingerprint density at radius 1 is 1.08 bits per heavy atom. The monoisotopic (exact) mass is 366 g/mol. The molecule has 2 aromatic rings. The molecule has 3 rings (SSSR count). The van der Waals surface area contributed by atoms with E-state index in [9.17, 15) is 0 Å². The molecule has 0 radical (unpaired) electrons. The van der Waals surface area contributed by atoms with Gasteiger partial charge in [-0.3, -0.25) is 9.80 Å². The molecule has 0 aliphatic carbocycles. The molecule has 0 amide bonds. The van der Waals surface area contributed by atoms with Gasteiger partial charge in [-0.25, -0.2) is 9.97 Å². The van der Waals surface area contributed by atoms with E-state index >= 15 is 0 Å². The molecule has 7 heteroatoms. The number of nitrogens with zero attached hydrogens (tertiary/aromatic N) is 4. The van der Waals surface area contributed by atoms with Gasteiger partial charge in [0, 0.05) is 43.5 Å². The largest absolute Gasteiger partial charge is 0.373 e. The van der Waals surface area contributed by atoms with E-state index in [-0.39, 0.29) is 0 Å². The van der Waals surface area contributed by atoms with Crippen molar-refractivity contribution in [3.63, 3.8) is 0 Å². The predicted octanol–water partition coefficient (Wildman–Crippen LogP) is 3.10. The Kier molecular flexibility index (Phi) is 6.74. The number of morpholine rings is 1. The van der Waals surface area contributed by atoms with Crippen LogP contribution in [-0.4, -0.2) is 58.2 Å². The van der Waals surface area contributed by atoms with Crippen LogP contribution in [0.2, 0.25) is 0 Å². The molecule has 0 saturated carbocycles. The maximum atomic E-state index is 5.82. The Labute approximate surface area is 152 Å². The third kappa shape index (κ3) is 5.60. The molecular formula is C17H26N4OS2. The topological polar surface area (TPSA) is 41.5 Å².